The Morgan fingerprint density at radius 3 is 2.24 bits per heavy atom. The molecular formula is C18H33N3. The van der Waals surface area contributed by atoms with Gasteiger partial charge in [-0.2, -0.15) is 0 Å². The van der Waals surface area contributed by atoms with Gasteiger partial charge in [0.15, 0.2) is 0 Å². The minimum absolute atomic E-state index is 0.0312. The first-order chi connectivity index (χ1) is 9.76. The summed E-state index contributed by atoms with van der Waals surface area (Å²) in [6.45, 7) is 16.6. The van der Waals surface area contributed by atoms with Crippen molar-refractivity contribution in [2.24, 2.45) is 5.92 Å². The van der Waals surface area contributed by atoms with Gasteiger partial charge in [0.25, 0.3) is 0 Å². The van der Waals surface area contributed by atoms with Crippen LogP contribution in [0.25, 0.3) is 0 Å². The fourth-order valence-corrected chi connectivity index (χ4v) is 2.59. The largest absolute Gasteiger partial charge is 0.365 e. The highest BCUT2D eigenvalue weighted by Gasteiger charge is 2.19. The molecule has 1 rings (SSSR count). The number of hydrogen-bond donors (Lipinski definition) is 1. The number of pyridine rings is 1. The summed E-state index contributed by atoms with van der Waals surface area (Å²) in [4.78, 5) is 7.31. The van der Waals surface area contributed by atoms with Gasteiger partial charge < -0.3 is 10.2 Å². The van der Waals surface area contributed by atoms with Gasteiger partial charge in [-0.15, -0.1) is 0 Å². The van der Waals surface area contributed by atoms with Crippen LogP contribution in [0.15, 0.2) is 18.2 Å². The van der Waals surface area contributed by atoms with Crippen molar-refractivity contribution in [3.05, 3.63) is 18.2 Å². The van der Waals surface area contributed by atoms with E-state index in [0.29, 0.717) is 12.0 Å². The Morgan fingerprint density at radius 2 is 1.76 bits per heavy atom. The molecule has 1 heterocycles. The van der Waals surface area contributed by atoms with E-state index in [9.17, 15) is 0 Å². The van der Waals surface area contributed by atoms with Crippen molar-refractivity contribution >= 4 is 11.6 Å². The van der Waals surface area contributed by atoms with Crippen LogP contribution in [-0.2, 0) is 0 Å². The van der Waals surface area contributed by atoms with Crippen LogP contribution in [0, 0.1) is 5.92 Å². The van der Waals surface area contributed by atoms with E-state index >= 15 is 0 Å². The maximum Gasteiger partial charge on any atom is 0.131 e. The van der Waals surface area contributed by atoms with Gasteiger partial charge in [0, 0.05) is 18.1 Å². The lowest BCUT2D eigenvalue weighted by atomic mass is 10.1. The summed E-state index contributed by atoms with van der Waals surface area (Å²) in [5, 5.41) is 3.47. The van der Waals surface area contributed by atoms with Gasteiger partial charge in [0.05, 0.1) is 0 Å². The Bertz CT molecular complexity index is 417. The molecule has 1 aromatic heterocycles. The normalized spacial score (nSPS) is 12.0. The third-order valence-corrected chi connectivity index (χ3v) is 3.48. The van der Waals surface area contributed by atoms with Crippen LogP contribution >= 0.6 is 0 Å². The highest BCUT2D eigenvalue weighted by atomic mass is 15.2. The van der Waals surface area contributed by atoms with Crippen molar-refractivity contribution in [1.29, 1.82) is 0 Å². The minimum Gasteiger partial charge on any atom is -0.365 e. The Kier molecular flexibility index (Phi) is 6.50. The Morgan fingerprint density at radius 1 is 1.14 bits per heavy atom. The molecule has 0 aromatic carbocycles. The standard InChI is InChI=1S/C18H33N3/c1-8-15(9-2)21(13-14(3)4)17-12-10-11-16(19-17)20-18(5,6)7/h10-12,14-15H,8-9,13H2,1-7H3,(H,19,20). The molecule has 0 saturated carbocycles. The molecule has 0 bridgehead atoms. The van der Waals surface area contributed by atoms with E-state index in [1.807, 2.05) is 0 Å². The van der Waals surface area contributed by atoms with Crippen LogP contribution in [0.1, 0.15) is 61.3 Å². The number of nitrogens with zero attached hydrogens (tertiary/aromatic N) is 2. The van der Waals surface area contributed by atoms with E-state index in [2.05, 4.69) is 76.9 Å². The molecule has 0 saturated heterocycles. The SMILES string of the molecule is CCC(CC)N(CC(C)C)c1cccc(NC(C)(C)C)n1. The third-order valence-electron chi connectivity index (χ3n) is 3.48. The molecule has 0 unspecified atom stereocenters. The molecule has 0 spiro atoms. The van der Waals surface area contributed by atoms with Crippen LogP contribution < -0.4 is 10.2 Å². The van der Waals surface area contributed by atoms with Crippen molar-refractivity contribution in [2.75, 3.05) is 16.8 Å². The van der Waals surface area contributed by atoms with Gasteiger partial charge in [0.1, 0.15) is 11.6 Å². The van der Waals surface area contributed by atoms with Crippen LogP contribution in [0.3, 0.4) is 0 Å². The van der Waals surface area contributed by atoms with Crippen molar-refractivity contribution in [1.82, 2.24) is 4.98 Å². The average molecular weight is 291 g/mol. The predicted octanol–water partition coefficient (Wildman–Crippen LogP) is 4.94. The highest BCUT2D eigenvalue weighted by molar-refractivity contribution is 5.48. The lowest BCUT2D eigenvalue weighted by Gasteiger charge is -2.33. The second-order valence-electron chi connectivity index (χ2n) is 7.27. The van der Waals surface area contributed by atoms with Crippen molar-refractivity contribution in [2.45, 2.75) is 72.9 Å². The van der Waals surface area contributed by atoms with Gasteiger partial charge in [0.2, 0.25) is 0 Å². The Labute approximate surface area is 131 Å². The van der Waals surface area contributed by atoms with Crippen LogP contribution in [0.4, 0.5) is 11.6 Å². The van der Waals surface area contributed by atoms with Gasteiger partial charge in [-0.1, -0.05) is 33.8 Å². The van der Waals surface area contributed by atoms with Crippen LogP contribution in [0.5, 0.6) is 0 Å². The second kappa shape index (κ2) is 7.67. The van der Waals surface area contributed by atoms with E-state index in [1.165, 1.54) is 0 Å². The van der Waals surface area contributed by atoms with Gasteiger partial charge in [-0.3, -0.25) is 0 Å². The quantitative estimate of drug-likeness (QED) is 0.771. The average Bonchev–Trinajstić information content (AvgIpc) is 2.37. The summed E-state index contributed by atoms with van der Waals surface area (Å²) in [6.07, 6.45) is 2.31. The number of hydrogen-bond acceptors (Lipinski definition) is 3. The number of aromatic nitrogens is 1. The van der Waals surface area contributed by atoms with E-state index in [4.69, 9.17) is 4.98 Å². The fraction of sp³-hybridized carbons (Fsp3) is 0.722. The molecule has 0 aliphatic carbocycles. The Hall–Kier alpha value is -1.25. The molecular weight excluding hydrogens is 258 g/mol. The minimum atomic E-state index is 0.0312. The lowest BCUT2D eigenvalue weighted by molar-refractivity contribution is 0.503. The van der Waals surface area contributed by atoms with Crippen molar-refractivity contribution in [3.8, 4) is 0 Å². The molecule has 0 aliphatic rings. The van der Waals surface area contributed by atoms with E-state index in [0.717, 1.165) is 31.0 Å². The molecule has 3 nitrogen and oxygen atoms in total. The molecule has 0 aliphatic heterocycles. The zero-order valence-corrected chi connectivity index (χ0v) is 14.9. The lowest BCUT2D eigenvalue weighted by Crippen LogP contribution is -2.38. The topological polar surface area (TPSA) is 28.2 Å². The smallest absolute Gasteiger partial charge is 0.131 e. The number of nitrogens with one attached hydrogen (secondary N) is 1. The second-order valence-corrected chi connectivity index (χ2v) is 7.27. The molecule has 0 radical (unpaired) electrons. The maximum absolute atomic E-state index is 4.84. The first-order valence-electron chi connectivity index (χ1n) is 8.28. The molecule has 1 N–H and O–H groups in total. The summed E-state index contributed by atoms with van der Waals surface area (Å²) >= 11 is 0. The van der Waals surface area contributed by atoms with E-state index in [1.54, 1.807) is 0 Å². The van der Waals surface area contributed by atoms with Crippen molar-refractivity contribution in [3.63, 3.8) is 0 Å². The highest BCUT2D eigenvalue weighted by Crippen LogP contribution is 2.22. The molecule has 1 aromatic rings. The fourth-order valence-electron chi connectivity index (χ4n) is 2.59. The summed E-state index contributed by atoms with van der Waals surface area (Å²) < 4.78 is 0. The van der Waals surface area contributed by atoms with Crippen LogP contribution in [-0.4, -0.2) is 23.1 Å². The zero-order chi connectivity index (χ0) is 16.0. The summed E-state index contributed by atoms with van der Waals surface area (Å²) in [5.41, 5.74) is 0.0312. The first kappa shape index (κ1) is 17.8. The molecule has 0 atom stereocenters. The zero-order valence-electron chi connectivity index (χ0n) is 14.9. The number of anilines is 2. The third kappa shape index (κ3) is 5.94. The maximum atomic E-state index is 4.84. The Balaban J connectivity index is 3.04. The van der Waals surface area contributed by atoms with Gasteiger partial charge >= 0.3 is 0 Å². The summed E-state index contributed by atoms with van der Waals surface area (Å²) in [5.74, 6) is 2.68. The summed E-state index contributed by atoms with van der Waals surface area (Å²) in [6, 6.07) is 6.85. The number of rotatable bonds is 7. The van der Waals surface area contributed by atoms with E-state index < -0.39 is 0 Å². The molecule has 21 heavy (non-hydrogen) atoms. The molecule has 0 fully saturated rings. The van der Waals surface area contributed by atoms with E-state index in [-0.39, 0.29) is 5.54 Å². The molecule has 0 amide bonds. The van der Waals surface area contributed by atoms with Gasteiger partial charge in [-0.25, -0.2) is 4.98 Å². The monoisotopic (exact) mass is 291 g/mol. The molecule has 120 valence electrons. The molecule has 3 heteroatoms. The van der Waals surface area contributed by atoms with Crippen molar-refractivity contribution < 1.29 is 0 Å². The summed E-state index contributed by atoms with van der Waals surface area (Å²) in [7, 11) is 0. The van der Waals surface area contributed by atoms with Crippen LogP contribution in [0.2, 0.25) is 0 Å². The first-order valence-corrected chi connectivity index (χ1v) is 8.28. The van der Waals surface area contributed by atoms with Gasteiger partial charge in [-0.05, 0) is 51.7 Å². The predicted molar refractivity (Wildman–Crippen MR) is 94.2 cm³/mol.